The Morgan fingerprint density at radius 1 is 1.29 bits per heavy atom. The lowest BCUT2D eigenvalue weighted by Gasteiger charge is -2.11. The van der Waals surface area contributed by atoms with Gasteiger partial charge in [-0.1, -0.05) is 29.8 Å². The van der Waals surface area contributed by atoms with Crippen molar-refractivity contribution in [2.75, 3.05) is 24.8 Å². The van der Waals surface area contributed by atoms with Gasteiger partial charge in [-0.05, 0) is 36.2 Å². The van der Waals surface area contributed by atoms with Crippen molar-refractivity contribution in [1.82, 2.24) is 0 Å². The molecular formula is C16H17ClN2O2. The summed E-state index contributed by atoms with van der Waals surface area (Å²) < 4.78 is 5.07. The number of ether oxygens (including phenoxy) is 1. The molecule has 110 valence electrons. The zero-order valence-corrected chi connectivity index (χ0v) is 12.5. The van der Waals surface area contributed by atoms with Crippen molar-refractivity contribution < 1.29 is 9.53 Å². The van der Waals surface area contributed by atoms with E-state index in [0.29, 0.717) is 22.9 Å². The zero-order chi connectivity index (χ0) is 15.2. The molecule has 0 spiro atoms. The third-order valence-corrected chi connectivity index (χ3v) is 3.39. The fourth-order valence-corrected chi connectivity index (χ4v) is 2.25. The summed E-state index contributed by atoms with van der Waals surface area (Å²) >= 11 is 6.05. The molecule has 0 aliphatic rings. The van der Waals surface area contributed by atoms with Crippen molar-refractivity contribution in [2.24, 2.45) is 0 Å². The SMILES string of the molecule is COCCc1ccccc1NC(=O)c1ccc(N)cc1Cl. The summed E-state index contributed by atoms with van der Waals surface area (Å²) in [5.41, 5.74) is 8.32. The maximum absolute atomic E-state index is 12.3. The standard InChI is InChI=1S/C16H17ClN2O2/c1-21-9-8-11-4-2-3-5-15(11)19-16(20)13-7-6-12(18)10-14(13)17/h2-7,10H,8-9,18H2,1H3,(H,19,20). The molecule has 0 saturated heterocycles. The molecule has 2 aromatic rings. The molecule has 3 N–H and O–H groups in total. The van der Waals surface area contributed by atoms with Crippen molar-refractivity contribution in [1.29, 1.82) is 0 Å². The van der Waals surface area contributed by atoms with Gasteiger partial charge in [-0.3, -0.25) is 4.79 Å². The van der Waals surface area contributed by atoms with Gasteiger partial charge in [-0.15, -0.1) is 0 Å². The number of carbonyl (C=O) groups excluding carboxylic acids is 1. The average Bonchev–Trinajstić information content (AvgIpc) is 2.46. The van der Waals surface area contributed by atoms with Crippen LogP contribution >= 0.6 is 11.6 Å². The van der Waals surface area contributed by atoms with Crippen LogP contribution in [-0.2, 0) is 11.2 Å². The lowest BCUT2D eigenvalue weighted by atomic mass is 10.1. The molecule has 0 aromatic heterocycles. The number of hydrogen-bond acceptors (Lipinski definition) is 3. The van der Waals surface area contributed by atoms with Gasteiger partial charge in [0.2, 0.25) is 0 Å². The first-order valence-electron chi connectivity index (χ1n) is 6.55. The van der Waals surface area contributed by atoms with Crippen LogP contribution in [0.4, 0.5) is 11.4 Å². The van der Waals surface area contributed by atoms with E-state index >= 15 is 0 Å². The number of halogens is 1. The van der Waals surface area contributed by atoms with E-state index in [1.54, 1.807) is 25.3 Å². The first kappa shape index (κ1) is 15.4. The zero-order valence-electron chi connectivity index (χ0n) is 11.7. The molecule has 4 nitrogen and oxygen atoms in total. The van der Waals surface area contributed by atoms with Gasteiger partial charge in [-0.25, -0.2) is 0 Å². The quantitative estimate of drug-likeness (QED) is 0.832. The van der Waals surface area contributed by atoms with Gasteiger partial charge >= 0.3 is 0 Å². The second kappa shape index (κ2) is 7.11. The molecular weight excluding hydrogens is 288 g/mol. The summed E-state index contributed by atoms with van der Waals surface area (Å²) in [5.74, 6) is -0.259. The molecule has 0 heterocycles. The average molecular weight is 305 g/mol. The molecule has 0 atom stereocenters. The summed E-state index contributed by atoms with van der Waals surface area (Å²) in [6.45, 7) is 0.593. The van der Waals surface area contributed by atoms with E-state index in [0.717, 1.165) is 17.7 Å². The number of rotatable bonds is 5. The predicted octanol–water partition coefficient (Wildman–Crippen LogP) is 3.36. The molecule has 0 bridgehead atoms. The molecule has 0 radical (unpaired) electrons. The highest BCUT2D eigenvalue weighted by atomic mass is 35.5. The van der Waals surface area contributed by atoms with Gasteiger partial charge in [0.25, 0.3) is 5.91 Å². The molecule has 0 aliphatic carbocycles. The van der Waals surface area contributed by atoms with E-state index in [4.69, 9.17) is 22.1 Å². The summed E-state index contributed by atoms with van der Waals surface area (Å²) in [6.07, 6.45) is 0.725. The van der Waals surface area contributed by atoms with Crippen LogP contribution < -0.4 is 11.1 Å². The van der Waals surface area contributed by atoms with Crippen LogP contribution in [-0.4, -0.2) is 19.6 Å². The van der Waals surface area contributed by atoms with Crippen LogP contribution in [0, 0.1) is 0 Å². The number of anilines is 2. The van der Waals surface area contributed by atoms with Gasteiger partial charge in [0.15, 0.2) is 0 Å². The molecule has 1 amide bonds. The van der Waals surface area contributed by atoms with E-state index in [-0.39, 0.29) is 5.91 Å². The van der Waals surface area contributed by atoms with Crippen LogP contribution in [0.15, 0.2) is 42.5 Å². The van der Waals surface area contributed by atoms with E-state index in [1.165, 1.54) is 0 Å². The number of nitrogen functional groups attached to an aromatic ring is 1. The minimum Gasteiger partial charge on any atom is -0.399 e. The van der Waals surface area contributed by atoms with Crippen molar-refractivity contribution >= 4 is 28.9 Å². The van der Waals surface area contributed by atoms with Gasteiger partial charge in [0, 0.05) is 18.5 Å². The summed E-state index contributed by atoms with van der Waals surface area (Å²) in [5, 5.41) is 3.21. The molecule has 0 aliphatic heterocycles. The summed E-state index contributed by atoms with van der Waals surface area (Å²) in [4.78, 5) is 12.3. The largest absolute Gasteiger partial charge is 0.399 e. The number of amides is 1. The Hall–Kier alpha value is -2.04. The Morgan fingerprint density at radius 3 is 2.76 bits per heavy atom. The maximum Gasteiger partial charge on any atom is 0.257 e. The van der Waals surface area contributed by atoms with E-state index in [1.807, 2.05) is 24.3 Å². The fraction of sp³-hybridized carbons (Fsp3) is 0.188. The Morgan fingerprint density at radius 2 is 2.05 bits per heavy atom. The third-order valence-electron chi connectivity index (χ3n) is 3.08. The lowest BCUT2D eigenvalue weighted by molar-refractivity contribution is 0.102. The first-order chi connectivity index (χ1) is 10.1. The van der Waals surface area contributed by atoms with Crippen molar-refractivity contribution in [3.63, 3.8) is 0 Å². The molecule has 0 fully saturated rings. The maximum atomic E-state index is 12.3. The van der Waals surface area contributed by atoms with Gasteiger partial charge in [0.05, 0.1) is 17.2 Å². The second-order valence-corrected chi connectivity index (χ2v) is 5.00. The number of benzene rings is 2. The highest BCUT2D eigenvalue weighted by Gasteiger charge is 2.12. The van der Waals surface area contributed by atoms with Crippen LogP contribution in [0.3, 0.4) is 0 Å². The molecule has 0 saturated carbocycles. The molecule has 2 aromatic carbocycles. The first-order valence-corrected chi connectivity index (χ1v) is 6.93. The Labute approximate surface area is 128 Å². The third kappa shape index (κ3) is 3.97. The minimum atomic E-state index is -0.259. The Kier molecular flexibility index (Phi) is 5.20. The van der Waals surface area contributed by atoms with E-state index in [9.17, 15) is 4.79 Å². The number of nitrogens with two attached hydrogens (primary N) is 1. The molecule has 0 unspecified atom stereocenters. The van der Waals surface area contributed by atoms with Crippen molar-refractivity contribution in [3.8, 4) is 0 Å². The van der Waals surface area contributed by atoms with E-state index < -0.39 is 0 Å². The highest BCUT2D eigenvalue weighted by molar-refractivity contribution is 6.34. The minimum absolute atomic E-state index is 0.259. The van der Waals surface area contributed by atoms with Crippen LogP contribution in [0.25, 0.3) is 0 Å². The van der Waals surface area contributed by atoms with Gasteiger partial charge in [0.1, 0.15) is 0 Å². The summed E-state index contributed by atoms with van der Waals surface area (Å²) in [7, 11) is 1.65. The number of carbonyl (C=O) groups is 1. The van der Waals surface area contributed by atoms with E-state index in [2.05, 4.69) is 5.32 Å². The second-order valence-electron chi connectivity index (χ2n) is 4.59. The smallest absolute Gasteiger partial charge is 0.257 e. The topological polar surface area (TPSA) is 64.3 Å². The number of methoxy groups -OCH3 is 1. The van der Waals surface area contributed by atoms with Gasteiger partial charge < -0.3 is 15.8 Å². The van der Waals surface area contributed by atoms with Gasteiger partial charge in [-0.2, -0.15) is 0 Å². The highest BCUT2D eigenvalue weighted by Crippen LogP contribution is 2.22. The number of para-hydroxylation sites is 1. The normalized spacial score (nSPS) is 10.4. The van der Waals surface area contributed by atoms with Crippen LogP contribution in [0.2, 0.25) is 5.02 Å². The predicted molar refractivity (Wildman–Crippen MR) is 85.8 cm³/mol. The lowest BCUT2D eigenvalue weighted by Crippen LogP contribution is -2.14. The molecule has 21 heavy (non-hydrogen) atoms. The fourth-order valence-electron chi connectivity index (χ4n) is 1.98. The number of nitrogens with one attached hydrogen (secondary N) is 1. The Bertz CT molecular complexity index is 644. The monoisotopic (exact) mass is 304 g/mol. The van der Waals surface area contributed by atoms with Crippen molar-refractivity contribution in [3.05, 3.63) is 58.6 Å². The molecule has 5 heteroatoms. The van der Waals surface area contributed by atoms with Crippen molar-refractivity contribution in [2.45, 2.75) is 6.42 Å². The molecule has 2 rings (SSSR count). The van der Waals surface area contributed by atoms with Crippen LogP contribution in [0.5, 0.6) is 0 Å². The number of hydrogen-bond donors (Lipinski definition) is 2. The Balaban J connectivity index is 2.19. The summed E-state index contributed by atoms with van der Waals surface area (Å²) in [6, 6.07) is 12.4. The van der Waals surface area contributed by atoms with Crippen LogP contribution in [0.1, 0.15) is 15.9 Å².